The Morgan fingerprint density at radius 2 is 1.16 bits per heavy atom. The van der Waals surface area contributed by atoms with Gasteiger partial charge in [0.25, 0.3) is 0 Å². The van der Waals surface area contributed by atoms with Crippen LogP contribution in [0.25, 0.3) is 11.1 Å². The third-order valence-corrected chi connectivity index (χ3v) is 16.9. The number of benzene rings is 4. The summed E-state index contributed by atoms with van der Waals surface area (Å²) in [7, 11) is 0. The molecule has 44 heavy (non-hydrogen) atoms. The zero-order chi connectivity index (χ0) is 29.5. The quantitative estimate of drug-likeness (QED) is 0.254. The maximum absolute atomic E-state index is 2.67. The Balaban J connectivity index is 0.00000221. The Kier molecular flexibility index (Phi) is 11.0. The first-order chi connectivity index (χ1) is 20.1. The van der Waals surface area contributed by atoms with E-state index in [0.717, 1.165) is 19.3 Å². The monoisotopic (exact) mass is 696 g/mol. The first-order valence-corrected chi connectivity index (χ1v) is 19.4. The van der Waals surface area contributed by atoms with Crippen LogP contribution in [0.4, 0.5) is 0 Å². The molecule has 0 nitrogen and oxygen atoms in total. The molecule has 0 fully saturated rings. The van der Waals surface area contributed by atoms with E-state index < -0.39 is 21.3 Å². The van der Waals surface area contributed by atoms with Gasteiger partial charge < -0.3 is 24.8 Å². The van der Waals surface area contributed by atoms with E-state index in [0.29, 0.717) is 3.63 Å². The van der Waals surface area contributed by atoms with Crippen LogP contribution < -0.4 is 28.1 Å². The van der Waals surface area contributed by atoms with Gasteiger partial charge in [-0.25, -0.2) is 0 Å². The molecule has 6 rings (SSSR count). The first-order valence-electron chi connectivity index (χ1n) is 15.5. The summed E-state index contributed by atoms with van der Waals surface area (Å²) in [6.45, 7) is 14.2. The molecular formula is C41H44Cl2Zr. The van der Waals surface area contributed by atoms with Gasteiger partial charge in [-0.15, -0.1) is 0 Å². The summed E-state index contributed by atoms with van der Waals surface area (Å²) in [5.74, 6) is 0. The number of fused-ring (bicyclic) bond motifs is 3. The molecule has 0 unspecified atom stereocenters. The van der Waals surface area contributed by atoms with E-state index in [9.17, 15) is 0 Å². The van der Waals surface area contributed by atoms with Gasteiger partial charge in [0.15, 0.2) is 0 Å². The molecule has 4 aromatic carbocycles. The van der Waals surface area contributed by atoms with E-state index in [1.807, 2.05) is 0 Å². The van der Waals surface area contributed by atoms with Crippen LogP contribution in [0.15, 0.2) is 115 Å². The molecule has 0 bridgehead atoms. The molecular weight excluding hydrogens is 655 g/mol. The average molecular weight is 699 g/mol. The van der Waals surface area contributed by atoms with Crippen molar-refractivity contribution in [1.29, 1.82) is 0 Å². The minimum absolute atomic E-state index is 0. The number of halogens is 2. The Bertz CT molecular complexity index is 1640. The van der Waals surface area contributed by atoms with Gasteiger partial charge in [0.05, 0.1) is 0 Å². The molecule has 2 aliphatic carbocycles. The van der Waals surface area contributed by atoms with Gasteiger partial charge in [0.2, 0.25) is 0 Å². The van der Waals surface area contributed by atoms with Gasteiger partial charge in [-0.2, -0.15) is 0 Å². The molecule has 0 saturated carbocycles. The zero-order valence-corrected chi connectivity index (χ0v) is 30.9. The minimum Gasteiger partial charge on any atom is -1.00 e. The van der Waals surface area contributed by atoms with Gasteiger partial charge in [0.1, 0.15) is 0 Å². The summed E-state index contributed by atoms with van der Waals surface area (Å²) < 4.78 is 4.05. The molecule has 0 aromatic heterocycles. The van der Waals surface area contributed by atoms with Crippen molar-refractivity contribution in [3.63, 3.8) is 0 Å². The third kappa shape index (κ3) is 7.39. The molecule has 4 aromatic rings. The molecule has 0 radical (unpaired) electrons. The van der Waals surface area contributed by atoms with Gasteiger partial charge in [0, 0.05) is 0 Å². The fourth-order valence-corrected chi connectivity index (χ4v) is 15.1. The number of hydrogen-bond donors (Lipinski definition) is 0. The van der Waals surface area contributed by atoms with Crippen molar-refractivity contribution in [1.82, 2.24) is 0 Å². The summed E-state index contributed by atoms with van der Waals surface area (Å²) >= 11 is -2.50. The third-order valence-electron chi connectivity index (χ3n) is 9.02. The molecule has 0 saturated heterocycles. The van der Waals surface area contributed by atoms with E-state index in [1.165, 1.54) is 38.9 Å². The van der Waals surface area contributed by atoms with E-state index in [2.05, 4.69) is 157 Å². The molecule has 0 N–H and O–H groups in total. The predicted octanol–water partition coefficient (Wildman–Crippen LogP) is 3.68. The van der Waals surface area contributed by atoms with Gasteiger partial charge in [-0.05, 0) is 0 Å². The number of rotatable bonds is 6. The zero-order valence-electron chi connectivity index (χ0n) is 26.9. The van der Waals surface area contributed by atoms with Gasteiger partial charge in [-0.3, -0.25) is 0 Å². The molecule has 2 aliphatic rings. The van der Waals surface area contributed by atoms with Crippen LogP contribution in [0.3, 0.4) is 0 Å². The summed E-state index contributed by atoms with van der Waals surface area (Å²) in [5.41, 5.74) is 12.1. The number of hydrogen-bond acceptors (Lipinski definition) is 0. The Morgan fingerprint density at radius 3 is 1.68 bits per heavy atom. The fourth-order valence-electron chi connectivity index (χ4n) is 6.58. The summed E-state index contributed by atoms with van der Waals surface area (Å²) in [6, 6.07) is 34.9. The second kappa shape index (κ2) is 14.0. The minimum atomic E-state index is -2.50. The van der Waals surface area contributed by atoms with Crippen molar-refractivity contribution in [3.8, 4) is 11.1 Å². The van der Waals surface area contributed by atoms with E-state index in [-0.39, 0.29) is 35.6 Å². The normalized spacial score (nSPS) is 13.4. The van der Waals surface area contributed by atoms with Crippen molar-refractivity contribution < 1.29 is 46.1 Å². The van der Waals surface area contributed by atoms with Crippen molar-refractivity contribution in [3.05, 3.63) is 149 Å². The Morgan fingerprint density at radius 1 is 0.636 bits per heavy atom. The van der Waals surface area contributed by atoms with E-state index in [1.54, 1.807) is 12.0 Å². The topological polar surface area (TPSA) is 0 Å². The van der Waals surface area contributed by atoms with Gasteiger partial charge >= 0.3 is 263 Å². The van der Waals surface area contributed by atoms with Crippen molar-refractivity contribution in [2.24, 2.45) is 0 Å². The van der Waals surface area contributed by atoms with E-state index in [4.69, 9.17) is 0 Å². The Labute approximate surface area is 285 Å². The SMILES string of the molecule is CC(C)(C)c1ccc2c(c1)-c1cc(C(C)(C)C)c[c]([Zr+2](=[C](Cc3ccccc3)Cc3ccccc3)[CH]3C=CC=C3)c1C2.[Cl-].[Cl-]. The molecule has 0 spiro atoms. The second-order valence-electron chi connectivity index (χ2n) is 14.2. The summed E-state index contributed by atoms with van der Waals surface area (Å²) in [5, 5.41) is 0. The van der Waals surface area contributed by atoms with Crippen LogP contribution in [0.5, 0.6) is 0 Å². The van der Waals surface area contributed by atoms with Crippen molar-refractivity contribution in [2.45, 2.75) is 75.3 Å². The molecule has 0 aliphatic heterocycles. The standard InChI is InChI=1S/C21H25.C15H14.C5H5.2ClH.Zr/c1-20(2,3)16-9-7-14-11-15-8-10-17(21(4,5)6)13-19(15)18(14)12-16;1-3-8-14(9-4-1)12-7-13-15-10-5-2-6-11-15;1-2-4-5-3-1;;;/h7,9-10,12-13H,11H2,1-6H3;1-6,8-11H,12-13H2;1-5H;2*1H;/q;;;;;+2/p-2. The number of allylic oxidation sites excluding steroid dienone is 4. The van der Waals surface area contributed by atoms with Crippen LogP contribution in [0.1, 0.15) is 74.9 Å². The van der Waals surface area contributed by atoms with Crippen molar-refractivity contribution in [2.75, 3.05) is 0 Å². The van der Waals surface area contributed by atoms with Crippen LogP contribution in [0.2, 0.25) is 3.63 Å². The van der Waals surface area contributed by atoms with Crippen LogP contribution >= 0.6 is 0 Å². The summed E-state index contributed by atoms with van der Waals surface area (Å²) in [4.78, 5) is 0. The van der Waals surface area contributed by atoms with Crippen molar-refractivity contribution >= 4 is 6.48 Å². The first kappa shape index (κ1) is 34.6. The smallest absolute Gasteiger partial charge is 1.00 e. The van der Waals surface area contributed by atoms with Crippen LogP contribution in [-0.2, 0) is 51.4 Å². The maximum atomic E-state index is 2.67. The summed E-state index contributed by atoms with van der Waals surface area (Å²) in [6.07, 6.45) is 12.8. The van der Waals surface area contributed by atoms with E-state index >= 15 is 0 Å². The van der Waals surface area contributed by atoms with Gasteiger partial charge in [-0.1, -0.05) is 0 Å². The fraction of sp³-hybridized carbons (Fsp3) is 0.293. The largest absolute Gasteiger partial charge is 1.00 e. The second-order valence-corrected chi connectivity index (χ2v) is 21.0. The maximum Gasteiger partial charge on any atom is -1.00 e. The molecule has 0 atom stereocenters. The molecule has 3 heteroatoms. The molecule has 0 heterocycles. The molecule has 0 amide bonds. The van der Waals surface area contributed by atoms with Crippen LogP contribution in [0, 0.1) is 0 Å². The average Bonchev–Trinajstić information content (AvgIpc) is 3.61. The van der Waals surface area contributed by atoms with Crippen LogP contribution in [-0.4, -0.2) is 3.21 Å². The predicted molar refractivity (Wildman–Crippen MR) is 179 cm³/mol. The molecule has 226 valence electrons. The Hall–Kier alpha value is -2.31.